The van der Waals surface area contributed by atoms with Crippen molar-refractivity contribution >= 4 is 65.6 Å². The quantitative estimate of drug-likeness (QED) is 0.190. The molecule has 0 amide bonds. The summed E-state index contributed by atoms with van der Waals surface area (Å²) in [6.45, 7) is 0. The van der Waals surface area contributed by atoms with Crippen molar-refractivity contribution in [3.05, 3.63) is 170 Å². The highest BCUT2D eigenvalue weighted by Gasteiger charge is 2.17. The van der Waals surface area contributed by atoms with Crippen molar-refractivity contribution in [3.8, 4) is 33.9 Å². The zero-order chi connectivity index (χ0) is 33.5. The molecule has 0 N–H and O–H groups in total. The minimum Gasteiger partial charge on any atom is -0.456 e. The fourth-order valence-electron chi connectivity index (χ4n) is 7.92. The van der Waals surface area contributed by atoms with E-state index in [1.807, 2.05) is 12.1 Å². The summed E-state index contributed by atoms with van der Waals surface area (Å²) in [5, 5.41) is 7.02. The normalized spacial score (nSPS) is 11.9. The van der Waals surface area contributed by atoms with Gasteiger partial charge in [-0.15, -0.1) is 0 Å². The molecule has 4 heterocycles. The van der Waals surface area contributed by atoms with Gasteiger partial charge >= 0.3 is 0 Å². The second-order valence-corrected chi connectivity index (χ2v) is 13.1. The number of benzene rings is 7. The van der Waals surface area contributed by atoms with Gasteiger partial charge < -0.3 is 13.6 Å². The molecule has 11 aromatic rings. The van der Waals surface area contributed by atoms with Gasteiger partial charge in [0.05, 0.1) is 33.5 Å². The van der Waals surface area contributed by atoms with Crippen LogP contribution in [0.3, 0.4) is 0 Å². The van der Waals surface area contributed by atoms with E-state index < -0.39 is 0 Å². The zero-order valence-electron chi connectivity index (χ0n) is 27.4. The molecule has 0 saturated carbocycles. The maximum atomic E-state index is 6.14. The summed E-state index contributed by atoms with van der Waals surface area (Å²) in [4.78, 5) is 9.52. The number of rotatable bonds is 4. The van der Waals surface area contributed by atoms with Crippen LogP contribution in [0.4, 0.5) is 0 Å². The minimum atomic E-state index is 0.886. The third-order valence-electron chi connectivity index (χ3n) is 10.2. The first-order valence-electron chi connectivity index (χ1n) is 17.1. The molecular weight excluding hydrogens is 625 g/mol. The molecule has 0 unspecified atom stereocenters. The van der Waals surface area contributed by atoms with Gasteiger partial charge in [-0.3, -0.25) is 0 Å². The molecule has 5 heteroatoms. The Morgan fingerprint density at radius 1 is 0.353 bits per heavy atom. The minimum absolute atomic E-state index is 0.886. The number of hydrogen-bond acceptors (Lipinski definition) is 3. The van der Waals surface area contributed by atoms with Crippen molar-refractivity contribution in [1.82, 2.24) is 19.1 Å². The lowest BCUT2D eigenvalue weighted by atomic mass is 10.0. The molecular formula is C46H28N4O. The van der Waals surface area contributed by atoms with E-state index in [0.717, 1.165) is 66.9 Å². The summed E-state index contributed by atoms with van der Waals surface area (Å²) in [5.41, 5.74) is 12.6. The van der Waals surface area contributed by atoms with E-state index in [2.05, 4.69) is 161 Å². The van der Waals surface area contributed by atoms with E-state index in [9.17, 15) is 0 Å². The molecule has 7 aromatic carbocycles. The lowest BCUT2D eigenvalue weighted by Crippen LogP contribution is -1.94. The first kappa shape index (κ1) is 27.9. The van der Waals surface area contributed by atoms with E-state index in [0.29, 0.717) is 0 Å². The van der Waals surface area contributed by atoms with Crippen molar-refractivity contribution in [3.63, 3.8) is 0 Å². The standard InChI is InChI=1S/C46H28N4O/c1-2-10-31(11-3-1)49-41-15-7-4-12-33(41)36-24-29(18-21-43(36)49)39-27-40(48-28-47-39)30-19-22-44-37(25-30)34-13-5-8-16-42(34)50(44)32-20-23-46-38(26-32)35-14-6-9-17-45(35)51-46/h1-28H. The van der Waals surface area contributed by atoms with Crippen LogP contribution in [-0.4, -0.2) is 19.1 Å². The Bertz CT molecular complexity index is 3150. The van der Waals surface area contributed by atoms with Gasteiger partial charge in [0.15, 0.2) is 0 Å². The number of hydrogen-bond donors (Lipinski definition) is 0. The van der Waals surface area contributed by atoms with Gasteiger partial charge in [0.2, 0.25) is 0 Å². The second-order valence-electron chi connectivity index (χ2n) is 13.1. The van der Waals surface area contributed by atoms with Crippen LogP contribution in [0.5, 0.6) is 0 Å². The van der Waals surface area contributed by atoms with Gasteiger partial charge in [-0.2, -0.15) is 0 Å². The Kier molecular flexibility index (Phi) is 5.89. The first-order valence-corrected chi connectivity index (χ1v) is 17.1. The highest BCUT2D eigenvalue weighted by atomic mass is 16.3. The van der Waals surface area contributed by atoms with Crippen LogP contribution < -0.4 is 0 Å². The van der Waals surface area contributed by atoms with Gasteiger partial charge in [-0.05, 0) is 78.9 Å². The largest absolute Gasteiger partial charge is 0.456 e. The number of furan rings is 1. The molecule has 238 valence electrons. The highest BCUT2D eigenvalue weighted by Crippen LogP contribution is 2.38. The van der Waals surface area contributed by atoms with E-state index in [-0.39, 0.29) is 0 Å². The fourth-order valence-corrected chi connectivity index (χ4v) is 7.92. The zero-order valence-corrected chi connectivity index (χ0v) is 27.4. The van der Waals surface area contributed by atoms with Crippen LogP contribution in [0, 0.1) is 0 Å². The van der Waals surface area contributed by atoms with Crippen LogP contribution in [0.2, 0.25) is 0 Å². The molecule has 5 nitrogen and oxygen atoms in total. The molecule has 0 aliphatic rings. The molecule has 0 aliphatic heterocycles. The fraction of sp³-hybridized carbons (Fsp3) is 0. The first-order chi connectivity index (χ1) is 25.3. The molecule has 0 atom stereocenters. The summed E-state index contributed by atoms with van der Waals surface area (Å²) in [7, 11) is 0. The number of aromatic nitrogens is 4. The van der Waals surface area contributed by atoms with Crippen LogP contribution in [0.25, 0.3) is 99.4 Å². The van der Waals surface area contributed by atoms with Crippen molar-refractivity contribution < 1.29 is 4.42 Å². The average Bonchev–Trinajstić information content (AvgIpc) is 3.85. The molecule has 0 bridgehead atoms. The van der Waals surface area contributed by atoms with E-state index >= 15 is 0 Å². The van der Waals surface area contributed by atoms with Gasteiger partial charge in [0, 0.05) is 54.8 Å². The lowest BCUT2D eigenvalue weighted by Gasteiger charge is -2.09. The van der Waals surface area contributed by atoms with Gasteiger partial charge in [-0.25, -0.2) is 9.97 Å². The summed E-state index contributed by atoms with van der Waals surface area (Å²) in [6.07, 6.45) is 1.68. The number of nitrogens with zero attached hydrogens (tertiary/aromatic N) is 4. The Labute approximate surface area is 292 Å². The summed E-state index contributed by atoms with van der Waals surface area (Å²) >= 11 is 0. The van der Waals surface area contributed by atoms with Gasteiger partial charge in [0.1, 0.15) is 17.5 Å². The van der Waals surface area contributed by atoms with Crippen molar-refractivity contribution in [2.24, 2.45) is 0 Å². The Hall–Kier alpha value is -6.98. The number of para-hydroxylation sites is 4. The Morgan fingerprint density at radius 3 is 1.55 bits per heavy atom. The smallest absolute Gasteiger partial charge is 0.135 e. The SMILES string of the molecule is c1ccc(-n2c3ccccc3c3cc(-c4cc(-c5ccc6c(c5)c5ccccc5n6-c5ccc6oc7ccccc7c6c5)ncn4)ccc32)cc1. The summed E-state index contributed by atoms with van der Waals surface area (Å²) < 4.78 is 10.8. The highest BCUT2D eigenvalue weighted by molar-refractivity contribution is 6.12. The third kappa shape index (κ3) is 4.22. The molecule has 51 heavy (non-hydrogen) atoms. The summed E-state index contributed by atoms with van der Waals surface area (Å²) in [5.74, 6) is 0. The molecule has 0 spiro atoms. The third-order valence-corrected chi connectivity index (χ3v) is 10.2. The Balaban J connectivity index is 1.04. The summed E-state index contributed by atoms with van der Waals surface area (Å²) in [6, 6.07) is 57.9. The van der Waals surface area contributed by atoms with Crippen molar-refractivity contribution in [2.45, 2.75) is 0 Å². The monoisotopic (exact) mass is 652 g/mol. The Morgan fingerprint density at radius 2 is 0.882 bits per heavy atom. The van der Waals surface area contributed by atoms with Gasteiger partial charge in [0.25, 0.3) is 0 Å². The molecule has 0 aliphatic carbocycles. The molecule has 0 radical (unpaired) electrons. The predicted molar refractivity (Wildman–Crippen MR) is 209 cm³/mol. The van der Waals surface area contributed by atoms with Crippen LogP contribution >= 0.6 is 0 Å². The van der Waals surface area contributed by atoms with E-state index in [1.165, 1.54) is 32.6 Å². The van der Waals surface area contributed by atoms with E-state index in [4.69, 9.17) is 14.4 Å². The van der Waals surface area contributed by atoms with Crippen LogP contribution in [0.15, 0.2) is 175 Å². The maximum absolute atomic E-state index is 6.14. The topological polar surface area (TPSA) is 48.8 Å². The van der Waals surface area contributed by atoms with Crippen LogP contribution in [-0.2, 0) is 0 Å². The molecule has 0 fully saturated rings. The second kappa shape index (κ2) is 10.8. The average molecular weight is 653 g/mol. The van der Waals surface area contributed by atoms with Crippen molar-refractivity contribution in [2.75, 3.05) is 0 Å². The van der Waals surface area contributed by atoms with Crippen molar-refractivity contribution in [1.29, 1.82) is 0 Å². The number of fused-ring (bicyclic) bond motifs is 9. The van der Waals surface area contributed by atoms with E-state index in [1.54, 1.807) is 6.33 Å². The molecule has 0 saturated heterocycles. The predicted octanol–water partition coefficient (Wildman–Crippen LogP) is 11.9. The van der Waals surface area contributed by atoms with Crippen LogP contribution in [0.1, 0.15) is 0 Å². The maximum Gasteiger partial charge on any atom is 0.135 e. The van der Waals surface area contributed by atoms with Gasteiger partial charge in [-0.1, -0.05) is 84.9 Å². The molecule has 4 aromatic heterocycles. The molecule has 11 rings (SSSR count). The lowest BCUT2D eigenvalue weighted by molar-refractivity contribution is 0.669.